The predicted molar refractivity (Wildman–Crippen MR) is 83.5 cm³/mol. The first-order chi connectivity index (χ1) is 9.35. The van der Waals surface area contributed by atoms with E-state index in [1.54, 1.807) is 0 Å². The SMILES string of the molecule is CC(C)(C)CC(=O)N1CCC(c2ccc(N)cc2)CC1. The summed E-state index contributed by atoms with van der Waals surface area (Å²) >= 11 is 0. The van der Waals surface area contributed by atoms with Gasteiger partial charge in [0.2, 0.25) is 5.91 Å². The molecule has 1 amide bonds. The largest absolute Gasteiger partial charge is 0.399 e. The van der Waals surface area contributed by atoms with Crippen LogP contribution < -0.4 is 5.73 Å². The number of anilines is 1. The molecular formula is C17H26N2O. The summed E-state index contributed by atoms with van der Waals surface area (Å²) in [5.41, 5.74) is 7.96. The molecule has 0 radical (unpaired) electrons. The van der Waals surface area contributed by atoms with Crippen LogP contribution >= 0.6 is 0 Å². The number of piperidine rings is 1. The lowest BCUT2D eigenvalue weighted by Crippen LogP contribution is -2.39. The highest BCUT2D eigenvalue weighted by Gasteiger charge is 2.26. The molecule has 1 aromatic rings. The molecule has 1 fully saturated rings. The summed E-state index contributed by atoms with van der Waals surface area (Å²) < 4.78 is 0. The van der Waals surface area contributed by atoms with E-state index >= 15 is 0 Å². The van der Waals surface area contributed by atoms with E-state index in [1.165, 1.54) is 5.56 Å². The minimum Gasteiger partial charge on any atom is -0.399 e. The Morgan fingerprint density at radius 3 is 2.25 bits per heavy atom. The molecule has 0 atom stereocenters. The Balaban J connectivity index is 1.89. The molecule has 0 unspecified atom stereocenters. The minimum atomic E-state index is 0.0743. The molecule has 1 aromatic carbocycles. The van der Waals surface area contributed by atoms with Crippen molar-refractivity contribution in [2.75, 3.05) is 18.8 Å². The van der Waals surface area contributed by atoms with Gasteiger partial charge in [-0.2, -0.15) is 0 Å². The topological polar surface area (TPSA) is 46.3 Å². The fourth-order valence-corrected chi connectivity index (χ4v) is 2.80. The Labute approximate surface area is 122 Å². The Bertz CT molecular complexity index is 451. The van der Waals surface area contributed by atoms with Crippen LogP contribution in [0.15, 0.2) is 24.3 Å². The Hall–Kier alpha value is -1.51. The molecule has 110 valence electrons. The van der Waals surface area contributed by atoms with Gasteiger partial charge in [-0.15, -0.1) is 0 Å². The molecule has 0 aliphatic carbocycles. The fourth-order valence-electron chi connectivity index (χ4n) is 2.80. The summed E-state index contributed by atoms with van der Waals surface area (Å²) in [7, 11) is 0. The highest BCUT2D eigenvalue weighted by molar-refractivity contribution is 5.76. The zero-order chi connectivity index (χ0) is 14.8. The second kappa shape index (κ2) is 5.86. The zero-order valence-electron chi connectivity index (χ0n) is 12.9. The standard InChI is InChI=1S/C17H26N2O/c1-17(2,3)12-16(20)19-10-8-14(9-11-19)13-4-6-15(18)7-5-13/h4-7,14H,8-12,18H2,1-3H3. The van der Waals surface area contributed by atoms with E-state index in [2.05, 4.69) is 32.9 Å². The van der Waals surface area contributed by atoms with Gasteiger partial charge in [-0.25, -0.2) is 0 Å². The molecule has 1 aliphatic rings. The highest BCUT2D eigenvalue weighted by Crippen LogP contribution is 2.29. The van der Waals surface area contributed by atoms with Gasteiger partial charge in [-0.05, 0) is 41.9 Å². The predicted octanol–water partition coefficient (Wildman–Crippen LogP) is 3.41. The van der Waals surface area contributed by atoms with E-state index < -0.39 is 0 Å². The number of nitrogens with zero attached hydrogens (tertiary/aromatic N) is 1. The molecule has 2 rings (SSSR count). The van der Waals surface area contributed by atoms with Crippen LogP contribution in [-0.4, -0.2) is 23.9 Å². The normalized spacial score (nSPS) is 17.2. The van der Waals surface area contributed by atoms with Crippen molar-refractivity contribution in [3.8, 4) is 0 Å². The van der Waals surface area contributed by atoms with E-state index in [-0.39, 0.29) is 5.41 Å². The van der Waals surface area contributed by atoms with Gasteiger partial charge in [0, 0.05) is 25.2 Å². The van der Waals surface area contributed by atoms with E-state index in [9.17, 15) is 4.79 Å². The quantitative estimate of drug-likeness (QED) is 0.840. The average Bonchev–Trinajstić information content (AvgIpc) is 2.38. The average molecular weight is 274 g/mol. The molecule has 3 nitrogen and oxygen atoms in total. The summed E-state index contributed by atoms with van der Waals surface area (Å²) in [5, 5.41) is 0. The number of rotatable bonds is 2. The van der Waals surface area contributed by atoms with Crippen LogP contribution in [0, 0.1) is 5.41 Å². The van der Waals surface area contributed by atoms with Crippen LogP contribution in [-0.2, 0) is 4.79 Å². The lowest BCUT2D eigenvalue weighted by atomic mass is 9.87. The minimum absolute atomic E-state index is 0.0743. The summed E-state index contributed by atoms with van der Waals surface area (Å²) in [6, 6.07) is 8.16. The maximum absolute atomic E-state index is 12.2. The smallest absolute Gasteiger partial charge is 0.223 e. The lowest BCUT2D eigenvalue weighted by molar-refractivity contribution is -0.134. The first kappa shape index (κ1) is 14.9. The summed E-state index contributed by atoms with van der Waals surface area (Å²) in [6.45, 7) is 8.11. The second-order valence-corrected chi connectivity index (χ2v) is 7.06. The van der Waals surface area contributed by atoms with Crippen molar-refractivity contribution in [1.29, 1.82) is 0 Å². The summed E-state index contributed by atoms with van der Waals surface area (Å²) in [4.78, 5) is 14.2. The third-order valence-corrected chi connectivity index (χ3v) is 3.94. The number of amides is 1. The maximum atomic E-state index is 12.2. The Morgan fingerprint density at radius 2 is 1.75 bits per heavy atom. The van der Waals surface area contributed by atoms with E-state index in [0.717, 1.165) is 31.6 Å². The van der Waals surface area contributed by atoms with Gasteiger partial charge in [0.15, 0.2) is 0 Å². The van der Waals surface area contributed by atoms with Gasteiger partial charge < -0.3 is 10.6 Å². The third-order valence-electron chi connectivity index (χ3n) is 3.94. The first-order valence-corrected chi connectivity index (χ1v) is 7.48. The number of carbonyl (C=O) groups is 1. The first-order valence-electron chi connectivity index (χ1n) is 7.48. The van der Waals surface area contributed by atoms with Gasteiger partial charge in [0.1, 0.15) is 0 Å². The van der Waals surface area contributed by atoms with E-state index in [1.807, 2.05) is 17.0 Å². The number of carbonyl (C=O) groups excluding carboxylic acids is 1. The third kappa shape index (κ3) is 3.99. The van der Waals surface area contributed by atoms with Crippen molar-refractivity contribution in [3.05, 3.63) is 29.8 Å². The molecule has 1 saturated heterocycles. The zero-order valence-corrected chi connectivity index (χ0v) is 12.9. The van der Waals surface area contributed by atoms with Crippen molar-refractivity contribution in [3.63, 3.8) is 0 Å². The molecular weight excluding hydrogens is 248 g/mol. The molecule has 0 saturated carbocycles. The summed E-state index contributed by atoms with van der Waals surface area (Å²) in [6.07, 6.45) is 2.75. The second-order valence-electron chi connectivity index (χ2n) is 7.06. The van der Waals surface area contributed by atoms with Crippen LogP contribution in [0.2, 0.25) is 0 Å². The number of nitrogen functional groups attached to an aromatic ring is 1. The molecule has 0 bridgehead atoms. The molecule has 20 heavy (non-hydrogen) atoms. The number of likely N-dealkylation sites (tertiary alicyclic amines) is 1. The van der Waals surface area contributed by atoms with Crippen molar-refractivity contribution < 1.29 is 4.79 Å². The van der Waals surface area contributed by atoms with Crippen LogP contribution in [0.5, 0.6) is 0 Å². The van der Waals surface area contributed by atoms with Crippen LogP contribution in [0.1, 0.15) is 51.5 Å². The molecule has 0 aromatic heterocycles. The van der Waals surface area contributed by atoms with Crippen LogP contribution in [0.25, 0.3) is 0 Å². The Kier molecular flexibility index (Phi) is 4.36. The molecule has 0 spiro atoms. The van der Waals surface area contributed by atoms with Crippen LogP contribution in [0.4, 0.5) is 5.69 Å². The van der Waals surface area contributed by atoms with Gasteiger partial charge in [0.25, 0.3) is 0 Å². The van der Waals surface area contributed by atoms with E-state index in [0.29, 0.717) is 18.2 Å². The van der Waals surface area contributed by atoms with Crippen molar-refractivity contribution in [2.24, 2.45) is 5.41 Å². The molecule has 1 aliphatic heterocycles. The van der Waals surface area contributed by atoms with Crippen LogP contribution in [0.3, 0.4) is 0 Å². The van der Waals surface area contributed by atoms with Crippen molar-refractivity contribution >= 4 is 11.6 Å². The van der Waals surface area contributed by atoms with Crippen molar-refractivity contribution in [2.45, 2.75) is 46.0 Å². The lowest BCUT2D eigenvalue weighted by Gasteiger charge is -2.34. The molecule has 1 heterocycles. The fraction of sp³-hybridized carbons (Fsp3) is 0.588. The number of benzene rings is 1. The van der Waals surface area contributed by atoms with Gasteiger partial charge in [-0.1, -0.05) is 32.9 Å². The molecule has 2 N–H and O–H groups in total. The van der Waals surface area contributed by atoms with E-state index in [4.69, 9.17) is 5.73 Å². The number of nitrogens with two attached hydrogens (primary N) is 1. The molecule has 3 heteroatoms. The number of hydrogen-bond acceptors (Lipinski definition) is 2. The number of hydrogen-bond donors (Lipinski definition) is 1. The van der Waals surface area contributed by atoms with Gasteiger partial charge in [-0.3, -0.25) is 4.79 Å². The maximum Gasteiger partial charge on any atom is 0.223 e. The van der Waals surface area contributed by atoms with Crippen molar-refractivity contribution in [1.82, 2.24) is 4.90 Å². The van der Waals surface area contributed by atoms with Gasteiger partial charge in [0.05, 0.1) is 0 Å². The van der Waals surface area contributed by atoms with Gasteiger partial charge >= 0.3 is 0 Å². The Morgan fingerprint density at radius 1 is 1.20 bits per heavy atom. The summed E-state index contributed by atoms with van der Waals surface area (Å²) in [5.74, 6) is 0.863. The highest BCUT2D eigenvalue weighted by atomic mass is 16.2. The monoisotopic (exact) mass is 274 g/mol.